The highest BCUT2D eigenvalue weighted by Crippen LogP contribution is 2.26. The second kappa shape index (κ2) is 6.05. The summed E-state index contributed by atoms with van der Waals surface area (Å²) >= 11 is 0. The second-order valence-corrected chi connectivity index (χ2v) is 4.64. The lowest BCUT2D eigenvalue weighted by Crippen LogP contribution is -2.59. The van der Waals surface area contributed by atoms with Crippen molar-refractivity contribution in [3.63, 3.8) is 0 Å². The van der Waals surface area contributed by atoms with E-state index in [-0.39, 0.29) is 0 Å². The van der Waals surface area contributed by atoms with Crippen molar-refractivity contribution in [2.75, 3.05) is 6.61 Å². The van der Waals surface area contributed by atoms with E-state index in [9.17, 15) is 24.9 Å². The Labute approximate surface area is 117 Å². The first-order chi connectivity index (χ1) is 9.92. The number of aromatic nitrogens is 2. The Morgan fingerprint density at radius 1 is 1.10 bits per heavy atom. The normalized spacial score (nSPS) is 33.1. The molecule has 1 aromatic heterocycles. The van der Waals surface area contributed by atoms with E-state index in [0.717, 1.165) is 16.8 Å². The summed E-state index contributed by atoms with van der Waals surface area (Å²) < 4.78 is 6.41. The van der Waals surface area contributed by atoms with Gasteiger partial charge in [0.15, 0.2) is 6.23 Å². The van der Waals surface area contributed by atoms with Crippen molar-refractivity contribution in [3.05, 3.63) is 33.1 Å². The molecular weight excluding hydrogens is 288 g/mol. The topological polar surface area (TPSA) is 154 Å². The third-order valence-corrected chi connectivity index (χ3v) is 3.36. The highest BCUT2D eigenvalue weighted by molar-refractivity contribution is 4.95. The molecule has 0 aromatic carbocycles. The molecule has 0 amide bonds. The van der Waals surface area contributed by atoms with Crippen LogP contribution in [0.5, 0.6) is 0 Å². The number of nitrogens with zero attached hydrogens (tertiary/aromatic N) is 2. The molecule has 1 aromatic rings. The van der Waals surface area contributed by atoms with Gasteiger partial charge < -0.3 is 30.3 Å². The molecule has 0 saturated carbocycles. The first kappa shape index (κ1) is 15.8. The maximum Gasteiger partial charge on any atom is 0.335 e. The third kappa shape index (κ3) is 2.64. The van der Waals surface area contributed by atoms with Crippen molar-refractivity contribution in [3.8, 4) is 0 Å². The fraction of sp³-hybridized carbons (Fsp3) is 0.636. The van der Waals surface area contributed by atoms with E-state index in [2.05, 4.69) is 0 Å². The van der Waals surface area contributed by atoms with Crippen LogP contribution in [0.25, 0.3) is 0 Å². The minimum atomic E-state index is -1.76. The zero-order valence-electron chi connectivity index (χ0n) is 10.8. The molecule has 1 aliphatic rings. The number of hydrogen-bond acceptors (Lipinski definition) is 8. The van der Waals surface area contributed by atoms with Crippen LogP contribution in [0.2, 0.25) is 0 Å². The molecule has 0 bridgehead atoms. The van der Waals surface area contributed by atoms with Gasteiger partial charge in [-0.3, -0.25) is 9.36 Å². The summed E-state index contributed by atoms with van der Waals surface area (Å²) in [5, 5.41) is 47.3. The van der Waals surface area contributed by atoms with Crippen LogP contribution in [-0.2, 0) is 11.5 Å². The van der Waals surface area contributed by atoms with Gasteiger partial charge in [0.1, 0.15) is 31.1 Å². The van der Waals surface area contributed by atoms with Gasteiger partial charge in [-0.1, -0.05) is 0 Å². The van der Waals surface area contributed by atoms with E-state index in [1.165, 1.54) is 0 Å². The molecule has 0 unspecified atom stereocenters. The second-order valence-electron chi connectivity index (χ2n) is 4.64. The molecule has 5 N–H and O–H groups in total. The minimum Gasteiger partial charge on any atom is -0.394 e. The molecule has 21 heavy (non-hydrogen) atoms. The Hall–Kier alpha value is -1.56. The molecule has 2 rings (SSSR count). The van der Waals surface area contributed by atoms with Crippen LogP contribution in [0.1, 0.15) is 6.23 Å². The van der Waals surface area contributed by atoms with Crippen molar-refractivity contribution in [1.29, 1.82) is 0 Å². The summed E-state index contributed by atoms with van der Waals surface area (Å²) in [6, 6.07) is 0.971. The maximum atomic E-state index is 12.0. The van der Waals surface area contributed by atoms with Crippen LogP contribution in [0, 0.1) is 0 Å². The van der Waals surface area contributed by atoms with E-state index in [4.69, 9.17) is 14.9 Å². The van der Waals surface area contributed by atoms with Crippen LogP contribution < -0.4 is 11.2 Å². The number of aliphatic hydroxyl groups excluding tert-OH is 5. The van der Waals surface area contributed by atoms with Gasteiger partial charge in [0.2, 0.25) is 0 Å². The van der Waals surface area contributed by atoms with Gasteiger partial charge in [-0.25, -0.2) is 9.36 Å². The molecule has 0 radical (unpaired) electrons. The Morgan fingerprint density at radius 3 is 2.33 bits per heavy atom. The lowest BCUT2D eigenvalue weighted by molar-refractivity contribution is -0.253. The van der Waals surface area contributed by atoms with E-state index < -0.39 is 55.2 Å². The van der Waals surface area contributed by atoms with Gasteiger partial charge in [0.25, 0.3) is 5.56 Å². The summed E-state index contributed by atoms with van der Waals surface area (Å²) in [6.45, 7) is -1.38. The van der Waals surface area contributed by atoms with Gasteiger partial charge in [-0.05, 0) is 0 Å². The number of hydrogen-bond donors (Lipinski definition) is 5. The van der Waals surface area contributed by atoms with Crippen molar-refractivity contribution in [2.45, 2.75) is 37.4 Å². The van der Waals surface area contributed by atoms with Crippen LogP contribution in [-0.4, -0.2) is 65.7 Å². The molecule has 10 heteroatoms. The summed E-state index contributed by atoms with van der Waals surface area (Å²) in [4.78, 5) is 23.8. The first-order valence-corrected chi connectivity index (χ1v) is 6.15. The Bertz CT molecular complexity index is 609. The molecule has 2 heterocycles. The van der Waals surface area contributed by atoms with Crippen molar-refractivity contribution in [1.82, 2.24) is 9.13 Å². The van der Waals surface area contributed by atoms with Gasteiger partial charge in [-0.2, -0.15) is 0 Å². The van der Waals surface area contributed by atoms with Crippen LogP contribution in [0.15, 0.2) is 21.9 Å². The van der Waals surface area contributed by atoms with Gasteiger partial charge in [0.05, 0.1) is 6.61 Å². The predicted molar refractivity (Wildman–Crippen MR) is 66.2 cm³/mol. The Kier molecular flexibility index (Phi) is 4.56. The third-order valence-electron chi connectivity index (χ3n) is 3.36. The van der Waals surface area contributed by atoms with Crippen LogP contribution >= 0.6 is 0 Å². The Morgan fingerprint density at radius 2 is 1.76 bits per heavy atom. The summed E-state index contributed by atoms with van der Waals surface area (Å²) in [5.74, 6) is 0. The highest BCUT2D eigenvalue weighted by atomic mass is 16.6. The molecule has 1 aliphatic heterocycles. The van der Waals surface area contributed by atoms with Crippen LogP contribution in [0.3, 0.4) is 0 Å². The average Bonchev–Trinajstić information content (AvgIpc) is 2.47. The van der Waals surface area contributed by atoms with E-state index >= 15 is 0 Å². The van der Waals surface area contributed by atoms with Gasteiger partial charge >= 0.3 is 5.69 Å². The molecular formula is C11H16N2O8. The minimum absolute atomic E-state index is 0.499. The number of rotatable bonds is 3. The first-order valence-electron chi connectivity index (χ1n) is 6.15. The maximum absolute atomic E-state index is 12.0. The molecule has 1 fully saturated rings. The average molecular weight is 304 g/mol. The summed E-state index contributed by atoms with van der Waals surface area (Å²) in [5.41, 5.74) is -1.79. The zero-order valence-corrected chi connectivity index (χ0v) is 10.8. The van der Waals surface area contributed by atoms with Gasteiger partial charge in [-0.15, -0.1) is 0 Å². The number of aliphatic hydroxyl groups is 5. The molecule has 5 atom stereocenters. The smallest absolute Gasteiger partial charge is 0.335 e. The van der Waals surface area contributed by atoms with Gasteiger partial charge in [0, 0.05) is 12.3 Å². The fourth-order valence-electron chi connectivity index (χ4n) is 2.17. The largest absolute Gasteiger partial charge is 0.394 e. The summed E-state index contributed by atoms with van der Waals surface area (Å²) in [6.07, 6.45) is -6.86. The highest BCUT2D eigenvalue weighted by Gasteiger charge is 2.45. The molecule has 0 spiro atoms. The standard InChI is InChI=1S/C11H16N2O8/c14-3-5-7(17)8(18)9(19)10(21-5)13-6(16)1-2-12(4-15)11(13)20/h1-2,5,7-10,14-15,17-19H,3-4H2/t5-,7-,8+,9-,10-/m1/s1. The van der Waals surface area contributed by atoms with Crippen molar-refractivity contribution >= 4 is 0 Å². The summed E-state index contributed by atoms with van der Waals surface area (Å²) in [7, 11) is 0. The van der Waals surface area contributed by atoms with E-state index in [0.29, 0.717) is 4.57 Å². The Balaban J connectivity index is 2.50. The van der Waals surface area contributed by atoms with Crippen LogP contribution in [0.4, 0.5) is 0 Å². The molecule has 1 saturated heterocycles. The molecule has 0 aliphatic carbocycles. The lowest BCUT2D eigenvalue weighted by Gasteiger charge is -2.40. The SMILES string of the molecule is O=c1ccn(CO)c(=O)n1[C@@H]1O[C@H](CO)[C@@H](O)[C@H](O)[C@H]1O. The molecule has 10 nitrogen and oxygen atoms in total. The number of ether oxygens (including phenoxy) is 1. The fourth-order valence-corrected chi connectivity index (χ4v) is 2.17. The lowest BCUT2D eigenvalue weighted by atomic mass is 9.98. The monoisotopic (exact) mass is 304 g/mol. The van der Waals surface area contributed by atoms with Crippen molar-refractivity contribution < 1.29 is 30.3 Å². The van der Waals surface area contributed by atoms with Crippen molar-refractivity contribution in [2.24, 2.45) is 0 Å². The van der Waals surface area contributed by atoms with E-state index in [1.807, 2.05) is 0 Å². The van der Waals surface area contributed by atoms with E-state index in [1.54, 1.807) is 0 Å². The molecule has 118 valence electrons. The quantitative estimate of drug-likeness (QED) is 0.378. The zero-order chi connectivity index (χ0) is 15.7. The predicted octanol–water partition coefficient (Wildman–Crippen LogP) is -4.07.